The number of aryl methyl sites for hydroxylation is 1. The topological polar surface area (TPSA) is 81.1 Å². The van der Waals surface area contributed by atoms with E-state index in [2.05, 4.69) is 29.5 Å². The molecule has 0 saturated heterocycles. The number of ether oxygens (including phenoxy) is 1. The Bertz CT molecular complexity index is 1300. The molecule has 1 amide bonds. The highest BCUT2D eigenvalue weighted by molar-refractivity contribution is 7.13. The molecule has 2 heterocycles. The summed E-state index contributed by atoms with van der Waals surface area (Å²) in [6.07, 6.45) is 4.42. The van der Waals surface area contributed by atoms with Gasteiger partial charge >= 0.3 is 0 Å². The number of amides is 1. The summed E-state index contributed by atoms with van der Waals surface area (Å²) in [4.78, 5) is 21.8. The Labute approximate surface area is 208 Å². The van der Waals surface area contributed by atoms with Crippen molar-refractivity contribution in [3.63, 3.8) is 0 Å². The Morgan fingerprint density at radius 1 is 1.20 bits per heavy atom. The van der Waals surface area contributed by atoms with Crippen LogP contribution < -0.4 is 15.4 Å². The van der Waals surface area contributed by atoms with E-state index in [1.807, 2.05) is 41.3 Å². The maximum absolute atomic E-state index is 13.2. The minimum Gasteiger partial charge on any atom is -0.494 e. The van der Waals surface area contributed by atoms with Crippen LogP contribution in [0.1, 0.15) is 48.1 Å². The van der Waals surface area contributed by atoms with Gasteiger partial charge in [0.05, 0.1) is 36.6 Å². The number of rotatable bonds is 9. The Morgan fingerprint density at radius 2 is 1.97 bits per heavy atom. The molecule has 2 N–H and O–H groups in total. The molecule has 2 aromatic heterocycles. The molecule has 0 aliphatic heterocycles. The van der Waals surface area contributed by atoms with Gasteiger partial charge in [-0.15, -0.1) is 11.3 Å². The van der Waals surface area contributed by atoms with Gasteiger partial charge in [0.1, 0.15) is 11.6 Å². The van der Waals surface area contributed by atoms with Crippen molar-refractivity contribution in [3.8, 4) is 11.4 Å². The van der Waals surface area contributed by atoms with Crippen molar-refractivity contribution in [2.24, 2.45) is 5.92 Å². The molecule has 1 unspecified atom stereocenters. The number of carbonyl (C=O) groups excluding carboxylic acids is 1. The molecular weight excluding hydrogens is 465 g/mol. The lowest BCUT2D eigenvalue weighted by molar-refractivity contribution is 0.0931. The van der Waals surface area contributed by atoms with Crippen molar-refractivity contribution >= 4 is 28.1 Å². The number of methoxy groups -OCH3 is 1. The smallest absolute Gasteiger partial charge is 0.251 e. The first-order valence-electron chi connectivity index (χ1n) is 11.3. The molecule has 0 spiro atoms. The number of aromatic nitrogens is 3. The van der Waals surface area contributed by atoms with Gasteiger partial charge in [0.25, 0.3) is 5.91 Å². The zero-order valence-corrected chi connectivity index (χ0v) is 20.9. The second-order valence-corrected chi connectivity index (χ2v) is 9.53. The van der Waals surface area contributed by atoms with Crippen LogP contribution in [-0.2, 0) is 0 Å². The number of imidazole rings is 1. The van der Waals surface area contributed by atoms with E-state index in [9.17, 15) is 9.18 Å². The highest BCUT2D eigenvalue weighted by atomic mass is 32.1. The van der Waals surface area contributed by atoms with E-state index in [0.29, 0.717) is 22.4 Å². The van der Waals surface area contributed by atoms with Crippen LogP contribution in [0.5, 0.6) is 5.75 Å². The van der Waals surface area contributed by atoms with Crippen molar-refractivity contribution in [1.29, 1.82) is 0 Å². The van der Waals surface area contributed by atoms with Gasteiger partial charge in [-0.1, -0.05) is 13.8 Å². The minimum absolute atomic E-state index is 0.256. The summed E-state index contributed by atoms with van der Waals surface area (Å²) in [5, 5.41) is 9.03. The molecular formula is C26H28FN5O2S. The summed E-state index contributed by atoms with van der Waals surface area (Å²) in [6, 6.07) is 11.1. The molecule has 4 aromatic rings. The molecule has 7 nitrogen and oxygen atoms in total. The molecule has 182 valence electrons. The molecule has 0 aliphatic carbocycles. The maximum atomic E-state index is 13.2. The molecule has 35 heavy (non-hydrogen) atoms. The first-order valence-corrected chi connectivity index (χ1v) is 12.2. The van der Waals surface area contributed by atoms with Gasteiger partial charge in [-0.25, -0.2) is 14.4 Å². The van der Waals surface area contributed by atoms with Crippen molar-refractivity contribution in [2.45, 2.75) is 33.2 Å². The average molecular weight is 494 g/mol. The Morgan fingerprint density at radius 3 is 2.63 bits per heavy atom. The first kappa shape index (κ1) is 24.4. The van der Waals surface area contributed by atoms with Gasteiger partial charge in [-0.3, -0.25) is 4.79 Å². The minimum atomic E-state index is -0.375. The number of hydrogen-bond donors (Lipinski definition) is 2. The fourth-order valence-electron chi connectivity index (χ4n) is 3.72. The van der Waals surface area contributed by atoms with Gasteiger partial charge in [0, 0.05) is 28.9 Å². The highest BCUT2D eigenvalue weighted by Gasteiger charge is 2.20. The molecule has 0 saturated carbocycles. The number of thiazole rings is 1. The number of nitrogens with zero attached hydrogens (tertiary/aromatic N) is 3. The normalized spacial score (nSPS) is 11.9. The summed E-state index contributed by atoms with van der Waals surface area (Å²) >= 11 is 1.46. The van der Waals surface area contributed by atoms with Crippen LogP contribution in [0.4, 0.5) is 15.2 Å². The molecule has 1 atom stereocenters. The number of halogens is 1. The number of nitrogens with one attached hydrogen (secondary N) is 2. The monoisotopic (exact) mass is 493 g/mol. The fourth-order valence-corrected chi connectivity index (χ4v) is 4.50. The molecule has 9 heteroatoms. The van der Waals surface area contributed by atoms with Crippen molar-refractivity contribution in [3.05, 3.63) is 83.1 Å². The van der Waals surface area contributed by atoms with E-state index < -0.39 is 0 Å². The zero-order chi connectivity index (χ0) is 24.9. The highest BCUT2D eigenvalue weighted by Crippen LogP contribution is 2.31. The third-order valence-corrected chi connectivity index (χ3v) is 6.19. The lowest BCUT2D eigenvalue weighted by Gasteiger charge is -2.19. The van der Waals surface area contributed by atoms with E-state index in [-0.39, 0.29) is 17.8 Å². The Balaban J connectivity index is 1.51. The number of benzene rings is 2. The van der Waals surface area contributed by atoms with E-state index >= 15 is 0 Å². The van der Waals surface area contributed by atoms with E-state index in [4.69, 9.17) is 9.72 Å². The fraction of sp³-hybridized carbons (Fsp3) is 0.269. The van der Waals surface area contributed by atoms with E-state index in [0.717, 1.165) is 29.2 Å². The van der Waals surface area contributed by atoms with Crippen LogP contribution in [0.25, 0.3) is 5.69 Å². The van der Waals surface area contributed by atoms with E-state index in [1.54, 1.807) is 13.4 Å². The quantitative estimate of drug-likeness (QED) is 0.297. The molecule has 0 radical (unpaired) electrons. The molecule has 4 rings (SSSR count). The van der Waals surface area contributed by atoms with Crippen molar-refractivity contribution < 1.29 is 13.9 Å². The Kier molecular flexibility index (Phi) is 7.45. The number of hydrogen-bond acceptors (Lipinski definition) is 6. The van der Waals surface area contributed by atoms with Crippen LogP contribution >= 0.6 is 11.3 Å². The summed E-state index contributed by atoms with van der Waals surface area (Å²) in [7, 11) is 1.63. The largest absolute Gasteiger partial charge is 0.494 e. The van der Waals surface area contributed by atoms with Crippen LogP contribution in [0.3, 0.4) is 0 Å². The van der Waals surface area contributed by atoms with Crippen LogP contribution in [0.2, 0.25) is 0 Å². The van der Waals surface area contributed by atoms with Gasteiger partial charge in [-0.05, 0) is 55.7 Å². The predicted octanol–water partition coefficient (Wildman–Crippen LogP) is 6.05. The molecule has 2 aromatic carbocycles. The van der Waals surface area contributed by atoms with E-state index in [1.165, 1.54) is 35.6 Å². The number of anilines is 2. The van der Waals surface area contributed by atoms with Gasteiger partial charge in [0.2, 0.25) is 0 Å². The van der Waals surface area contributed by atoms with Crippen molar-refractivity contribution in [2.75, 3.05) is 12.4 Å². The average Bonchev–Trinajstić information content (AvgIpc) is 3.47. The molecule has 0 fully saturated rings. The summed E-state index contributed by atoms with van der Waals surface area (Å²) in [5.74, 6) is 0.414. The van der Waals surface area contributed by atoms with Gasteiger partial charge in [-0.2, -0.15) is 0 Å². The SMILES string of the molecule is COc1cc(Nc2nc(C(CC(C)C)NC(=O)c3ccc(F)cc3)cs2)ccc1-n1cnc(C)c1. The lowest BCUT2D eigenvalue weighted by atomic mass is 10.0. The number of carbonyl (C=O) groups is 1. The predicted molar refractivity (Wildman–Crippen MR) is 136 cm³/mol. The van der Waals surface area contributed by atoms with Gasteiger partial charge in [0.15, 0.2) is 5.13 Å². The first-order chi connectivity index (χ1) is 16.8. The lowest BCUT2D eigenvalue weighted by Crippen LogP contribution is -2.29. The molecule has 0 aliphatic rings. The van der Waals surface area contributed by atoms with Crippen LogP contribution in [-0.4, -0.2) is 27.6 Å². The summed E-state index contributed by atoms with van der Waals surface area (Å²) in [5.41, 5.74) is 3.83. The maximum Gasteiger partial charge on any atom is 0.251 e. The third kappa shape index (κ3) is 6.05. The second-order valence-electron chi connectivity index (χ2n) is 8.67. The second kappa shape index (κ2) is 10.7. The van der Waals surface area contributed by atoms with Crippen molar-refractivity contribution in [1.82, 2.24) is 19.9 Å². The molecule has 0 bridgehead atoms. The standard InChI is InChI=1S/C26H28FN5O2S/c1-16(2)11-21(30-25(33)18-5-7-19(27)8-6-18)22-14-35-26(31-22)29-20-9-10-23(24(12-20)34-4)32-13-17(3)28-15-32/h5-10,12-16,21H,11H2,1-4H3,(H,29,31)(H,30,33). The summed E-state index contributed by atoms with van der Waals surface area (Å²) < 4.78 is 20.7. The van der Waals surface area contributed by atoms with Crippen LogP contribution in [0, 0.1) is 18.7 Å². The third-order valence-electron chi connectivity index (χ3n) is 5.42. The zero-order valence-electron chi connectivity index (χ0n) is 20.1. The van der Waals surface area contributed by atoms with Gasteiger partial charge < -0.3 is 19.9 Å². The summed E-state index contributed by atoms with van der Waals surface area (Å²) in [6.45, 7) is 6.13. The Hall–Kier alpha value is -3.72. The van der Waals surface area contributed by atoms with Crippen LogP contribution in [0.15, 0.2) is 60.4 Å².